The van der Waals surface area contributed by atoms with E-state index in [9.17, 15) is 13.2 Å². The maximum absolute atomic E-state index is 12.5. The zero-order valence-electron chi connectivity index (χ0n) is 13.5. The zero-order chi connectivity index (χ0) is 16.2. The van der Waals surface area contributed by atoms with Gasteiger partial charge in [0.15, 0.2) is 0 Å². The molecule has 1 unspecified atom stereocenters. The van der Waals surface area contributed by atoms with Crippen molar-refractivity contribution in [2.45, 2.75) is 25.8 Å². The third-order valence-electron chi connectivity index (χ3n) is 4.03. The minimum absolute atomic E-state index is 0. The van der Waals surface area contributed by atoms with Gasteiger partial charge in [0.25, 0.3) is 10.2 Å². The Morgan fingerprint density at radius 1 is 1.09 bits per heavy atom. The molecule has 1 atom stereocenters. The van der Waals surface area contributed by atoms with Crippen molar-refractivity contribution in [3.05, 3.63) is 0 Å². The summed E-state index contributed by atoms with van der Waals surface area (Å²) >= 11 is 0. The summed E-state index contributed by atoms with van der Waals surface area (Å²) in [4.78, 5) is 13.8. The van der Waals surface area contributed by atoms with Gasteiger partial charge in [-0.15, -0.1) is 12.4 Å². The lowest BCUT2D eigenvalue weighted by atomic mass is 10.2. The number of rotatable bonds is 5. The lowest BCUT2D eigenvalue weighted by Gasteiger charge is -2.37. The average molecular weight is 371 g/mol. The van der Waals surface area contributed by atoms with Gasteiger partial charge in [0.1, 0.15) is 0 Å². The molecule has 1 amide bonds. The first kappa shape index (κ1) is 20.6. The third kappa shape index (κ3) is 5.54. The van der Waals surface area contributed by atoms with Crippen molar-refractivity contribution in [2.75, 3.05) is 52.5 Å². The second-order valence-corrected chi connectivity index (χ2v) is 7.74. The van der Waals surface area contributed by atoms with Gasteiger partial charge in [-0.25, -0.2) is 0 Å². The van der Waals surface area contributed by atoms with E-state index in [2.05, 4.69) is 0 Å². The summed E-state index contributed by atoms with van der Waals surface area (Å²) < 4.78 is 33.1. The highest BCUT2D eigenvalue weighted by Crippen LogP contribution is 2.14. The molecule has 2 aliphatic rings. The molecule has 0 aliphatic carbocycles. The molecule has 2 heterocycles. The van der Waals surface area contributed by atoms with E-state index in [0.29, 0.717) is 65.3 Å². The average Bonchev–Trinajstić information content (AvgIpc) is 2.53. The number of nitrogens with two attached hydrogens (primary N) is 1. The summed E-state index contributed by atoms with van der Waals surface area (Å²) in [7, 11) is -3.43. The van der Waals surface area contributed by atoms with Crippen LogP contribution in [0.2, 0.25) is 0 Å². The lowest BCUT2D eigenvalue weighted by molar-refractivity contribution is -0.132. The molecule has 2 fully saturated rings. The van der Waals surface area contributed by atoms with Crippen molar-refractivity contribution in [1.82, 2.24) is 13.5 Å². The van der Waals surface area contributed by atoms with E-state index in [0.717, 1.165) is 0 Å². The Labute approximate surface area is 144 Å². The largest absolute Gasteiger partial charge is 0.379 e. The van der Waals surface area contributed by atoms with Crippen LogP contribution in [-0.2, 0) is 19.7 Å². The van der Waals surface area contributed by atoms with Crippen LogP contribution in [0.5, 0.6) is 0 Å². The van der Waals surface area contributed by atoms with Crippen LogP contribution in [0.15, 0.2) is 0 Å². The normalized spacial score (nSPS) is 22.4. The van der Waals surface area contributed by atoms with E-state index < -0.39 is 10.2 Å². The summed E-state index contributed by atoms with van der Waals surface area (Å²) in [6.07, 6.45) is 1.08. The maximum atomic E-state index is 12.5. The minimum atomic E-state index is -3.43. The van der Waals surface area contributed by atoms with E-state index in [1.165, 1.54) is 8.61 Å². The highest BCUT2D eigenvalue weighted by molar-refractivity contribution is 7.86. The number of hydrogen-bond acceptors (Lipinski definition) is 5. The summed E-state index contributed by atoms with van der Waals surface area (Å²) in [6, 6.07) is 0.00642. The number of ether oxygens (including phenoxy) is 1. The Hall–Kier alpha value is -0.450. The Kier molecular flexibility index (Phi) is 8.19. The number of amides is 1. The standard InChI is InChI=1S/C13H26N4O4S.ClH/c1-12(14)2-3-13(18)15-4-6-16(7-5-15)22(19,20)17-8-10-21-11-9-17;/h12H,2-11,14H2,1H3;1H. The molecule has 0 aromatic carbocycles. The van der Waals surface area contributed by atoms with E-state index in [1.54, 1.807) is 4.90 Å². The van der Waals surface area contributed by atoms with Gasteiger partial charge in [-0.1, -0.05) is 0 Å². The Morgan fingerprint density at radius 3 is 2.13 bits per heavy atom. The molecule has 2 aliphatic heterocycles. The fraction of sp³-hybridized carbons (Fsp3) is 0.923. The van der Waals surface area contributed by atoms with Gasteiger partial charge in [-0.2, -0.15) is 17.0 Å². The van der Waals surface area contributed by atoms with E-state index in [1.807, 2.05) is 6.92 Å². The van der Waals surface area contributed by atoms with Crippen LogP contribution in [-0.4, -0.2) is 86.4 Å². The first-order valence-corrected chi connectivity index (χ1v) is 9.17. The Balaban J connectivity index is 0.00000264. The molecule has 2 N–H and O–H groups in total. The predicted octanol–water partition coefficient (Wildman–Crippen LogP) is -0.743. The molecule has 0 saturated carbocycles. The number of piperazine rings is 1. The maximum Gasteiger partial charge on any atom is 0.282 e. The summed E-state index contributed by atoms with van der Waals surface area (Å²) in [5.74, 6) is 0.0562. The number of halogens is 1. The number of carbonyl (C=O) groups excluding carboxylic acids is 1. The molecule has 0 bridgehead atoms. The summed E-state index contributed by atoms with van der Waals surface area (Å²) in [5, 5.41) is 0. The number of hydrogen-bond donors (Lipinski definition) is 1. The first-order chi connectivity index (χ1) is 10.4. The quantitative estimate of drug-likeness (QED) is 0.687. The summed E-state index contributed by atoms with van der Waals surface area (Å²) in [6.45, 7) is 5.14. The predicted molar refractivity (Wildman–Crippen MR) is 89.6 cm³/mol. The van der Waals surface area contributed by atoms with Crippen molar-refractivity contribution in [3.63, 3.8) is 0 Å². The smallest absolute Gasteiger partial charge is 0.282 e. The van der Waals surface area contributed by atoms with Gasteiger partial charge in [-0.3, -0.25) is 4.79 Å². The SMILES string of the molecule is CC(N)CCC(=O)N1CCN(S(=O)(=O)N2CCOCC2)CC1.Cl. The van der Waals surface area contributed by atoms with E-state index >= 15 is 0 Å². The Morgan fingerprint density at radius 2 is 1.61 bits per heavy atom. The van der Waals surface area contributed by atoms with Gasteiger partial charge in [0, 0.05) is 51.7 Å². The summed E-state index contributed by atoms with van der Waals surface area (Å²) in [5.41, 5.74) is 5.66. The van der Waals surface area contributed by atoms with Crippen LogP contribution in [0.3, 0.4) is 0 Å². The molecule has 23 heavy (non-hydrogen) atoms. The fourth-order valence-corrected chi connectivity index (χ4v) is 4.18. The van der Waals surface area contributed by atoms with Crippen LogP contribution in [0, 0.1) is 0 Å². The molecular formula is C13H27ClN4O4S. The fourth-order valence-electron chi connectivity index (χ4n) is 2.62. The molecule has 2 rings (SSSR count). The highest BCUT2D eigenvalue weighted by atomic mass is 35.5. The van der Waals surface area contributed by atoms with Crippen molar-refractivity contribution >= 4 is 28.5 Å². The third-order valence-corrected chi connectivity index (χ3v) is 6.06. The van der Waals surface area contributed by atoms with Gasteiger partial charge >= 0.3 is 0 Å². The molecule has 8 nitrogen and oxygen atoms in total. The molecular weight excluding hydrogens is 344 g/mol. The topological polar surface area (TPSA) is 96.2 Å². The first-order valence-electron chi connectivity index (χ1n) is 7.77. The highest BCUT2D eigenvalue weighted by Gasteiger charge is 2.34. The molecule has 0 spiro atoms. The second kappa shape index (κ2) is 9.14. The van der Waals surface area contributed by atoms with Gasteiger partial charge in [0.2, 0.25) is 5.91 Å². The number of carbonyl (C=O) groups is 1. The molecule has 0 radical (unpaired) electrons. The van der Waals surface area contributed by atoms with Gasteiger partial charge < -0.3 is 15.4 Å². The van der Waals surface area contributed by atoms with E-state index in [4.69, 9.17) is 10.5 Å². The second-order valence-electron chi connectivity index (χ2n) is 5.81. The molecule has 2 saturated heterocycles. The van der Waals surface area contributed by atoms with Crippen LogP contribution in [0.4, 0.5) is 0 Å². The van der Waals surface area contributed by atoms with Crippen molar-refractivity contribution < 1.29 is 17.9 Å². The van der Waals surface area contributed by atoms with E-state index in [-0.39, 0.29) is 24.4 Å². The van der Waals surface area contributed by atoms with Crippen LogP contribution >= 0.6 is 12.4 Å². The number of nitrogens with zero attached hydrogens (tertiary/aromatic N) is 3. The van der Waals surface area contributed by atoms with Crippen molar-refractivity contribution in [1.29, 1.82) is 0 Å². The van der Waals surface area contributed by atoms with Crippen LogP contribution < -0.4 is 5.73 Å². The number of morpholine rings is 1. The molecule has 0 aromatic heterocycles. The minimum Gasteiger partial charge on any atom is -0.379 e. The van der Waals surface area contributed by atoms with Crippen molar-refractivity contribution in [2.24, 2.45) is 5.73 Å². The Bertz CT molecular complexity index is 474. The van der Waals surface area contributed by atoms with Gasteiger partial charge in [-0.05, 0) is 13.3 Å². The monoisotopic (exact) mass is 370 g/mol. The van der Waals surface area contributed by atoms with Crippen LogP contribution in [0.25, 0.3) is 0 Å². The lowest BCUT2D eigenvalue weighted by Crippen LogP contribution is -2.55. The van der Waals surface area contributed by atoms with Crippen LogP contribution in [0.1, 0.15) is 19.8 Å². The zero-order valence-corrected chi connectivity index (χ0v) is 15.1. The molecule has 0 aromatic rings. The molecule has 10 heteroatoms. The van der Waals surface area contributed by atoms with Crippen molar-refractivity contribution in [3.8, 4) is 0 Å². The van der Waals surface area contributed by atoms with Gasteiger partial charge in [0.05, 0.1) is 13.2 Å². The molecule has 136 valence electrons.